The Morgan fingerprint density at radius 1 is 0.966 bits per heavy atom. The van der Waals surface area contributed by atoms with E-state index in [9.17, 15) is 8.42 Å². The van der Waals surface area contributed by atoms with Gasteiger partial charge >= 0.3 is 0 Å². The van der Waals surface area contributed by atoms with Crippen LogP contribution in [0.5, 0.6) is 0 Å². The fourth-order valence-electron chi connectivity index (χ4n) is 3.32. The van der Waals surface area contributed by atoms with Crippen LogP contribution in [0.2, 0.25) is 0 Å². The number of benzene rings is 2. The van der Waals surface area contributed by atoms with Crippen LogP contribution in [0.1, 0.15) is 17.0 Å². The smallest absolute Gasteiger partial charge is 0.265 e. The number of aromatic nitrogens is 4. The molecule has 0 amide bonds. The van der Waals surface area contributed by atoms with E-state index < -0.39 is 10.0 Å². The van der Waals surface area contributed by atoms with Gasteiger partial charge in [-0.15, -0.1) is 0 Å². The van der Waals surface area contributed by atoms with Crippen LogP contribution in [0, 0.1) is 13.8 Å². The van der Waals surface area contributed by atoms with Crippen molar-refractivity contribution in [2.24, 2.45) is 0 Å². The highest BCUT2D eigenvalue weighted by atomic mass is 32.2. The maximum atomic E-state index is 13.1. The van der Waals surface area contributed by atoms with E-state index in [0.29, 0.717) is 23.6 Å². The van der Waals surface area contributed by atoms with Crippen LogP contribution in [0.4, 0.5) is 5.69 Å². The molecule has 0 saturated carbocycles. The largest absolute Gasteiger partial charge is 0.276 e. The topological polar surface area (TPSA) is 81.8 Å². The predicted octanol–water partition coefficient (Wildman–Crippen LogP) is 3.53. The molecule has 0 radical (unpaired) electrons. The lowest BCUT2D eigenvalue weighted by atomic mass is 10.2. The van der Waals surface area contributed by atoms with E-state index in [2.05, 4.69) is 14.9 Å². The molecule has 0 unspecified atom stereocenters. The summed E-state index contributed by atoms with van der Waals surface area (Å²) in [7, 11) is -3.81. The van der Waals surface area contributed by atoms with E-state index in [0.717, 1.165) is 11.3 Å². The maximum absolute atomic E-state index is 13.1. The van der Waals surface area contributed by atoms with Crippen molar-refractivity contribution in [2.45, 2.75) is 25.3 Å². The number of hydrogen-bond acceptors (Lipinski definition) is 4. The Morgan fingerprint density at radius 2 is 1.62 bits per heavy atom. The Hall–Kier alpha value is -3.39. The van der Waals surface area contributed by atoms with Gasteiger partial charge in [-0.2, -0.15) is 10.2 Å². The van der Waals surface area contributed by atoms with E-state index in [1.54, 1.807) is 29.4 Å². The first-order chi connectivity index (χ1) is 13.9. The van der Waals surface area contributed by atoms with Gasteiger partial charge in [0.15, 0.2) is 0 Å². The molecule has 4 aromatic rings. The van der Waals surface area contributed by atoms with Crippen LogP contribution in [0.3, 0.4) is 0 Å². The quantitative estimate of drug-likeness (QED) is 0.530. The molecule has 0 atom stereocenters. The van der Waals surface area contributed by atoms with Gasteiger partial charge in [-0.1, -0.05) is 48.5 Å². The van der Waals surface area contributed by atoms with Gasteiger partial charge in [0.25, 0.3) is 10.0 Å². The van der Waals surface area contributed by atoms with Crippen LogP contribution >= 0.6 is 0 Å². The Bertz CT molecular complexity index is 1230. The molecule has 0 aliphatic rings. The molecular formula is C21H21N5O2S. The summed E-state index contributed by atoms with van der Waals surface area (Å²) in [5.41, 5.74) is 3.30. The summed E-state index contributed by atoms with van der Waals surface area (Å²) >= 11 is 0. The second-order valence-corrected chi connectivity index (χ2v) is 8.38. The lowest BCUT2D eigenvalue weighted by Gasteiger charge is -2.07. The fourth-order valence-corrected chi connectivity index (χ4v) is 4.74. The van der Waals surface area contributed by atoms with Gasteiger partial charge in [0, 0.05) is 6.20 Å². The van der Waals surface area contributed by atoms with Crippen molar-refractivity contribution in [2.75, 3.05) is 4.72 Å². The van der Waals surface area contributed by atoms with Gasteiger partial charge in [0.1, 0.15) is 4.90 Å². The van der Waals surface area contributed by atoms with E-state index >= 15 is 0 Å². The average molecular weight is 407 g/mol. The summed E-state index contributed by atoms with van der Waals surface area (Å²) in [6, 6.07) is 19.3. The van der Waals surface area contributed by atoms with Crippen molar-refractivity contribution in [1.82, 2.24) is 19.6 Å². The number of hydrogen-bond donors (Lipinski definition) is 1. The maximum Gasteiger partial charge on any atom is 0.265 e. The minimum Gasteiger partial charge on any atom is -0.276 e. The number of para-hydroxylation sites is 1. The van der Waals surface area contributed by atoms with Gasteiger partial charge in [0.05, 0.1) is 35.5 Å². The average Bonchev–Trinajstić information content (AvgIpc) is 3.26. The number of rotatable bonds is 6. The molecular weight excluding hydrogens is 386 g/mol. The number of sulfonamides is 1. The number of anilines is 1. The Labute approximate surface area is 169 Å². The molecule has 2 aromatic heterocycles. The van der Waals surface area contributed by atoms with Crippen LogP contribution in [-0.2, 0) is 16.6 Å². The van der Waals surface area contributed by atoms with Crippen molar-refractivity contribution in [1.29, 1.82) is 0 Å². The van der Waals surface area contributed by atoms with Crippen LogP contribution in [0.25, 0.3) is 5.69 Å². The summed E-state index contributed by atoms with van der Waals surface area (Å²) < 4.78 is 32.1. The third-order valence-corrected chi connectivity index (χ3v) is 6.20. The molecule has 0 spiro atoms. The summed E-state index contributed by atoms with van der Waals surface area (Å²) in [4.78, 5) is 0.178. The Balaban J connectivity index is 1.59. The van der Waals surface area contributed by atoms with Gasteiger partial charge in [0.2, 0.25) is 0 Å². The monoisotopic (exact) mass is 407 g/mol. The second-order valence-electron chi connectivity index (χ2n) is 6.76. The second kappa shape index (κ2) is 7.56. The molecule has 0 aliphatic heterocycles. The normalized spacial score (nSPS) is 11.5. The van der Waals surface area contributed by atoms with Crippen LogP contribution in [0.15, 0.2) is 78.0 Å². The first-order valence-electron chi connectivity index (χ1n) is 9.15. The Morgan fingerprint density at radius 3 is 2.31 bits per heavy atom. The van der Waals surface area contributed by atoms with Crippen molar-refractivity contribution in [3.8, 4) is 5.69 Å². The van der Waals surface area contributed by atoms with E-state index in [1.807, 2.05) is 60.7 Å². The molecule has 1 N–H and O–H groups in total. The van der Waals surface area contributed by atoms with Gasteiger partial charge in [-0.3, -0.25) is 9.40 Å². The van der Waals surface area contributed by atoms with E-state index in [1.165, 1.54) is 6.20 Å². The summed E-state index contributed by atoms with van der Waals surface area (Å²) in [5, 5.41) is 8.68. The molecule has 2 aromatic carbocycles. The first kappa shape index (κ1) is 18.9. The highest BCUT2D eigenvalue weighted by Crippen LogP contribution is 2.24. The lowest BCUT2D eigenvalue weighted by Crippen LogP contribution is -2.14. The first-order valence-corrected chi connectivity index (χ1v) is 10.6. The van der Waals surface area contributed by atoms with E-state index in [4.69, 9.17) is 0 Å². The minimum absolute atomic E-state index is 0.178. The lowest BCUT2D eigenvalue weighted by molar-refractivity contribution is 0.600. The van der Waals surface area contributed by atoms with Crippen LogP contribution in [-0.4, -0.2) is 28.0 Å². The van der Waals surface area contributed by atoms with Gasteiger partial charge in [-0.05, 0) is 31.5 Å². The van der Waals surface area contributed by atoms with Crippen molar-refractivity contribution >= 4 is 15.7 Å². The fraction of sp³-hybridized carbons (Fsp3) is 0.143. The standard InChI is InChI=1S/C21H21N5O2S/c1-16-21(17(2)26(23-16)20-11-7-4-8-12-20)29(27,28)24-19-13-22-25(15-19)14-18-9-5-3-6-10-18/h3-13,15,24H,14H2,1-2H3. The number of nitrogens with zero attached hydrogens (tertiary/aromatic N) is 4. The minimum atomic E-state index is -3.81. The SMILES string of the molecule is Cc1nn(-c2ccccc2)c(C)c1S(=O)(=O)Nc1cnn(Cc2ccccc2)c1. The third-order valence-electron chi connectivity index (χ3n) is 4.57. The van der Waals surface area contributed by atoms with Crippen molar-refractivity contribution < 1.29 is 8.42 Å². The van der Waals surface area contributed by atoms with E-state index in [-0.39, 0.29) is 4.90 Å². The Kier molecular flexibility index (Phi) is 4.94. The molecule has 0 bridgehead atoms. The number of nitrogens with one attached hydrogen (secondary N) is 1. The molecule has 7 nitrogen and oxygen atoms in total. The highest BCUT2D eigenvalue weighted by Gasteiger charge is 2.25. The zero-order valence-corrected chi connectivity index (χ0v) is 17.0. The van der Waals surface area contributed by atoms with Crippen molar-refractivity contribution in [3.63, 3.8) is 0 Å². The summed E-state index contributed by atoms with van der Waals surface area (Å²) in [6.07, 6.45) is 3.18. The zero-order valence-electron chi connectivity index (χ0n) is 16.1. The highest BCUT2D eigenvalue weighted by molar-refractivity contribution is 7.92. The molecule has 148 valence electrons. The molecule has 0 fully saturated rings. The molecule has 4 rings (SSSR count). The van der Waals surface area contributed by atoms with Crippen molar-refractivity contribution in [3.05, 3.63) is 90.0 Å². The summed E-state index contributed by atoms with van der Waals surface area (Å²) in [6.45, 7) is 4.01. The molecule has 2 heterocycles. The van der Waals surface area contributed by atoms with Crippen LogP contribution < -0.4 is 4.72 Å². The van der Waals surface area contributed by atoms with Gasteiger partial charge < -0.3 is 0 Å². The molecule has 29 heavy (non-hydrogen) atoms. The third kappa shape index (κ3) is 3.93. The molecule has 0 saturated heterocycles. The number of aryl methyl sites for hydroxylation is 1. The predicted molar refractivity (Wildman–Crippen MR) is 112 cm³/mol. The van der Waals surface area contributed by atoms with Gasteiger partial charge in [-0.25, -0.2) is 13.1 Å². The molecule has 0 aliphatic carbocycles. The summed E-state index contributed by atoms with van der Waals surface area (Å²) in [5.74, 6) is 0. The molecule has 8 heteroatoms. The zero-order chi connectivity index (χ0) is 20.4.